The van der Waals surface area contributed by atoms with Gasteiger partial charge in [0.1, 0.15) is 5.75 Å². The van der Waals surface area contributed by atoms with Crippen molar-refractivity contribution in [3.63, 3.8) is 0 Å². The minimum atomic E-state index is -3.51. The summed E-state index contributed by atoms with van der Waals surface area (Å²) in [4.78, 5) is 24.3. The van der Waals surface area contributed by atoms with Crippen LogP contribution in [0.3, 0.4) is 0 Å². The van der Waals surface area contributed by atoms with Gasteiger partial charge in [-0.3, -0.25) is 9.59 Å². The molecule has 0 aromatic heterocycles. The first-order valence-electron chi connectivity index (χ1n) is 9.74. The molecule has 2 aromatic carbocycles. The molecule has 0 bridgehead atoms. The molecule has 0 saturated carbocycles. The van der Waals surface area contributed by atoms with Crippen molar-refractivity contribution in [1.29, 1.82) is 0 Å². The van der Waals surface area contributed by atoms with E-state index < -0.39 is 21.8 Å². The quantitative estimate of drug-likeness (QED) is 0.551. The molecule has 0 atom stereocenters. The van der Waals surface area contributed by atoms with Gasteiger partial charge in [0.05, 0.1) is 17.0 Å². The second-order valence-corrected chi connectivity index (χ2v) is 8.89. The summed E-state index contributed by atoms with van der Waals surface area (Å²) >= 11 is 6.00. The molecule has 2 amide bonds. The maximum absolute atomic E-state index is 12.5. The van der Waals surface area contributed by atoms with E-state index in [0.29, 0.717) is 36.0 Å². The molecule has 10 heteroatoms. The lowest BCUT2D eigenvalue weighted by Gasteiger charge is -2.18. The molecule has 0 aliphatic carbocycles. The lowest BCUT2D eigenvalue weighted by Crippen LogP contribution is -2.36. The third-order valence-electron chi connectivity index (χ3n) is 4.58. The van der Waals surface area contributed by atoms with E-state index in [1.165, 1.54) is 17.5 Å². The number of sulfonamides is 1. The van der Waals surface area contributed by atoms with Crippen LogP contribution in [0, 0.1) is 0 Å². The van der Waals surface area contributed by atoms with Crippen LogP contribution >= 0.6 is 11.6 Å². The van der Waals surface area contributed by atoms with Gasteiger partial charge in [-0.15, -0.1) is 0 Å². The van der Waals surface area contributed by atoms with Crippen LogP contribution in [-0.2, 0) is 26.0 Å². The smallest absolute Gasteiger partial charge is 0.313 e. The monoisotopic (exact) mass is 467 g/mol. The molecule has 0 unspecified atom stereocenters. The minimum Gasteiger partial charge on any atom is -0.495 e. The molecule has 8 nitrogen and oxygen atoms in total. The standard InChI is InChI=1S/C21H26ClN3O5S/c1-4-25(5-2)31(28,29)17-9-6-15(7-10-17)12-13-23-20(26)21(27)24-16-8-11-19(30-3)18(22)14-16/h6-11,14H,4-5,12-13H2,1-3H3,(H,23,26)(H,24,27). The number of nitrogens with one attached hydrogen (secondary N) is 2. The number of carbonyl (C=O) groups excluding carboxylic acids is 2. The second kappa shape index (κ2) is 11.1. The Kier molecular flexibility index (Phi) is 8.85. The molecule has 168 valence electrons. The van der Waals surface area contributed by atoms with Crippen molar-refractivity contribution in [1.82, 2.24) is 9.62 Å². The predicted octanol–water partition coefficient (Wildman–Crippen LogP) is 2.68. The molecule has 31 heavy (non-hydrogen) atoms. The van der Waals surface area contributed by atoms with Crippen LogP contribution in [0.5, 0.6) is 5.75 Å². The lowest BCUT2D eigenvalue weighted by molar-refractivity contribution is -0.136. The molecule has 2 rings (SSSR count). The van der Waals surface area contributed by atoms with Gasteiger partial charge in [-0.2, -0.15) is 4.31 Å². The Balaban J connectivity index is 1.88. The highest BCUT2D eigenvalue weighted by atomic mass is 35.5. The summed E-state index contributed by atoms with van der Waals surface area (Å²) in [5, 5.41) is 5.31. The number of halogens is 1. The maximum Gasteiger partial charge on any atom is 0.313 e. The molecule has 0 heterocycles. The summed E-state index contributed by atoms with van der Waals surface area (Å²) in [6, 6.07) is 11.1. The van der Waals surface area contributed by atoms with Gasteiger partial charge in [-0.1, -0.05) is 37.6 Å². The first kappa shape index (κ1) is 24.6. The average Bonchev–Trinajstić information content (AvgIpc) is 2.74. The Hall–Kier alpha value is -2.62. The van der Waals surface area contributed by atoms with Crippen LogP contribution < -0.4 is 15.4 Å². The first-order valence-corrected chi connectivity index (χ1v) is 11.6. The van der Waals surface area contributed by atoms with E-state index in [4.69, 9.17) is 16.3 Å². The fourth-order valence-electron chi connectivity index (χ4n) is 2.87. The number of hydrogen-bond acceptors (Lipinski definition) is 5. The Morgan fingerprint density at radius 1 is 1.03 bits per heavy atom. The van der Waals surface area contributed by atoms with Gasteiger partial charge in [0.15, 0.2) is 0 Å². The lowest BCUT2D eigenvalue weighted by atomic mass is 10.1. The van der Waals surface area contributed by atoms with Gasteiger partial charge in [-0.05, 0) is 42.3 Å². The van der Waals surface area contributed by atoms with Gasteiger partial charge in [0.2, 0.25) is 10.0 Å². The fourth-order valence-corrected chi connectivity index (χ4v) is 4.59. The van der Waals surface area contributed by atoms with E-state index in [-0.39, 0.29) is 11.4 Å². The van der Waals surface area contributed by atoms with E-state index in [9.17, 15) is 18.0 Å². The van der Waals surface area contributed by atoms with Crippen molar-refractivity contribution >= 4 is 39.1 Å². The Morgan fingerprint density at radius 2 is 1.68 bits per heavy atom. The van der Waals surface area contributed by atoms with Gasteiger partial charge in [0.25, 0.3) is 0 Å². The van der Waals surface area contributed by atoms with E-state index >= 15 is 0 Å². The number of carbonyl (C=O) groups is 2. The molecular formula is C21H26ClN3O5S. The Bertz CT molecular complexity index is 1020. The number of anilines is 1. The van der Waals surface area contributed by atoms with Gasteiger partial charge in [0, 0.05) is 25.3 Å². The second-order valence-electron chi connectivity index (χ2n) is 6.54. The number of rotatable bonds is 9. The number of benzene rings is 2. The van der Waals surface area contributed by atoms with E-state index in [1.807, 2.05) is 0 Å². The van der Waals surface area contributed by atoms with Crippen molar-refractivity contribution in [2.75, 3.05) is 32.1 Å². The first-order chi connectivity index (χ1) is 14.7. The maximum atomic E-state index is 12.5. The molecule has 0 spiro atoms. The number of amides is 2. The van der Waals surface area contributed by atoms with Crippen molar-refractivity contribution in [3.05, 3.63) is 53.1 Å². The summed E-state index contributed by atoms with van der Waals surface area (Å²) in [5.74, 6) is -1.14. The molecule has 0 saturated heterocycles. The molecule has 0 radical (unpaired) electrons. The predicted molar refractivity (Wildman–Crippen MR) is 120 cm³/mol. The van der Waals surface area contributed by atoms with Crippen LogP contribution in [0.2, 0.25) is 5.02 Å². The molecule has 2 aromatic rings. The van der Waals surface area contributed by atoms with Crippen molar-refractivity contribution < 1.29 is 22.7 Å². The number of ether oxygens (including phenoxy) is 1. The average molecular weight is 468 g/mol. The third-order valence-corrected chi connectivity index (χ3v) is 6.94. The van der Waals surface area contributed by atoms with Crippen LogP contribution in [-0.4, -0.2) is 51.3 Å². The summed E-state index contributed by atoms with van der Waals surface area (Å²) < 4.78 is 31.4. The molecule has 0 aliphatic heterocycles. The largest absolute Gasteiger partial charge is 0.495 e. The van der Waals surface area contributed by atoms with Crippen LogP contribution in [0.1, 0.15) is 19.4 Å². The molecule has 0 aliphatic rings. The van der Waals surface area contributed by atoms with Gasteiger partial charge >= 0.3 is 11.8 Å². The Morgan fingerprint density at radius 3 is 2.23 bits per heavy atom. The summed E-state index contributed by atoms with van der Waals surface area (Å²) in [5.41, 5.74) is 1.21. The van der Waals surface area contributed by atoms with Crippen LogP contribution in [0.4, 0.5) is 5.69 Å². The molecule has 0 fully saturated rings. The minimum absolute atomic E-state index is 0.220. The van der Waals surface area contributed by atoms with Gasteiger partial charge in [-0.25, -0.2) is 8.42 Å². The highest BCUT2D eigenvalue weighted by molar-refractivity contribution is 7.89. The summed E-state index contributed by atoms with van der Waals surface area (Å²) in [6.45, 7) is 4.60. The van der Waals surface area contributed by atoms with E-state index in [0.717, 1.165) is 5.56 Å². The SMILES string of the molecule is CCN(CC)S(=O)(=O)c1ccc(CCNC(=O)C(=O)Nc2ccc(OC)c(Cl)c2)cc1. The van der Waals surface area contributed by atoms with Crippen molar-refractivity contribution in [2.45, 2.75) is 25.2 Å². The number of methoxy groups -OCH3 is 1. The Labute approximate surface area is 187 Å². The van der Waals surface area contributed by atoms with E-state index in [1.54, 1.807) is 50.2 Å². The number of nitrogens with zero attached hydrogens (tertiary/aromatic N) is 1. The third kappa shape index (κ3) is 6.43. The van der Waals surface area contributed by atoms with Crippen LogP contribution in [0.25, 0.3) is 0 Å². The van der Waals surface area contributed by atoms with Gasteiger partial charge < -0.3 is 15.4 Å². The summed E-state index contributed by atoms with van der Waals surface area (Å²) in [7, 11) is -2.03. The van der Waals surface area contributed by atoms with Crippen molar-refractivity contribution in [3.8, 4) is 5.75 Å². The highest BCUT2D eigenvalue weighted by Gasteiger charge is 2.21. The molecule has 2 N–H and O–H groups in total. The topological polar surface area (TPSA) is 105 Å². The zero-order chi connectivity index (χ0) is 23.0. The van der Waals surface area contributed by atoms with Crippen molar-refractivity contribution in [2.24, 2.45) is 0 Å². The zero-order valence-corrected chi connectivity index (χ0v) is 19.2. The normalized spacial score (nSPS) is 11.3. The molecular weight excluding hydrogens is 442 g/mol. The van der Waals surface area contributed by atoms with E-state index in [2.05, 4.69) is 10.6 Å². The fraction of sp³-hybridized carbons (Fsp3) is 0.333. The highest BCUT2D eigenvalue weighted by Crippen LogP contribution is 2.27. The van der Waals surface area contributed by atoms with Crippen LogP contribution in [0.15, 0.2) is 47.4 Å². The number of hydrogen-bond donors (Lipinski definition) is 2. The zero-order valence-electron chi connectivity index (χ0n) is 17.6. The summed E-state index contributed by atoms with van der Waals surface area (Å²) in [6.07, 6.45) is 0.443.